The Morgan fingerprint density at radius 2 is 2.21 bits per heavy atom. The molecule has 2 heterocycles. The van der Waals surface area contributed by atoms with Crippen molar-refractivity contribution >= 4 is 11.0 Å². The van der Waals surface area contributed by atoms with E-state index >= 15 is 0 Å². The van der Waals surface area contributed by atoms with E-state index in [1.807, 2.05) is 17.8 Å². The second-order valence-corrected chi connectivity index (χ2v) is 5.36. The fourth-order valence-electron chi connectivity index (χ4n) is 2.69. The average Bonchev–Trinajstić information content (AvgIpc) is 2.82. The molecule has 1 aromatic carbocycles. The van der Waals surface area contributed by atoms with E-state index in [1.165, 1.54) is 31.5 Å². The smallest absolute Gasteiger partial charge is 0.113 e. The molecule has 0 aliphatic carbocycles. The summed E-state index contributed by atoms with van der Waals surface area (Å²) in [7, 11) is 1.93. The van der Waals surface area contributed by atoms with Gasteiger partial charge >= 0.3 is 0 Å². The summed E-state index contributed by atoms with van der Waals surface area (Å²) in [4.78, 5) is 0. The van der Waals surface area contributed by atoms with Crippen LogP contribution in [0.3, 0.4) is 0 Å². The van der Waals surface area contributed by atoms with Gasteiger partial charge in [0.1, 0.15) is 5.52 Å². The molecular weight excluding hydrogens is 238 g/mol. The number of nitrogens with zero attached hydrogens (tertiary/aromatic N) is 3. The van der Waals surface area contributed by atoms with Crippen LogP contribution in [0.15, 0.2) is 18.2 Å². The molecule has 0 unspecified atom stereocenters. The van der Waals surface area contributed by atoms with Gasteiger partial charge in [-0.15, -0.1) is 5.10 Å². The number of hydrogen-bond donors (Lipinski definition) is 2. The van der Waals surface area contributed by atoms with Crippen molar-refractivity contribution in [1.29, 1.82) is 0 Å². The Bertz CT molecular complexity index is 542. The summed E-state index contributed by atoms with van der Waals surface area (Å²) in [6.07, 6.45) is 2.58. The number of hydrogen-bond acceptors (Lipinski definition) is 4. The number of piperidine rings is 1. The molecule has 19 heavy (non-hydrogen) atoms. The van der Waals surface area contributed by atoms with Crippen LogP contribution in [0.4, 0.5) is 0 Å². The van der Waals surface area contributed by atoms with Gasteiger partial charge in [0.15, 0.2) is 0 Å². The summed E-state index contributed by atoms with van der Waals surface area (Å²) in [6, 6.07) is 6.35. The van der Waals surface area contributed by atoms with Gasteiger partial charge in [0.2, 0.25) is 0 Å². The molecule has 102 valence electrons. The Kier molecular flexibility index (Phi) is 3.75. The first-order valence-electron chi connectivity index (χ1n) is 7.02. The van der Waals surface area contributed by atoms with E-state index in [-0.39, 0.29) is 0 Å². The summed E-state index contributed by atoms with van der Waals surface area (Å²) in [6.45, 7) is 4.37. The molecule has 2 aromatic rings. The molecule has 0 amide bonds. The molecule has 5 nitrogen and oxygen atoms in total. The molecule has 0 saturated carbocycles. The van der Waals surface area contributed by atoms with Crippen LogP contribution >= 0.6 is 0 Å². The maximum Gasteiger partial charge on any atom is 0.113 e. The highest BCUT2D eigenvalue weighted by atomic mass is 15.4. The second-order valence-electron chi connectivity index (χ2n) is 5.36. The third kappa shape index (κ3) is 2.93. The standard InChI is InChI=1S/C14H21N5/c1-19-14-8-12(2-3-13(14)17-18-19)10-16-9-11-4-6-15-7-5-11/h2-3,8,11,15-16H,4-7,9-10H2,1H3. The number of aryl methyl sites for hydroxylation is 1. The number of aromatic nitrogens is 3. The molecule has 1 aromatic heterocycles. The van der Waals surface area contributed by atoms with Gasteiger partial charge in [-0.25, -0.2) is 4.68 Å². The highest BCUT2D eigenvalue weighted by Gasteiger charge is 2.12. The molecule has 2 N–H and O–H groups in total. The lowest BCUT2D eigenvalue weighted by atomic mass is 9.98. The fourth-order valence-corrected chi connectivity index (χ4v) is 2.69. The molecule has 0 spiro atoms. The van der Waals surface area contributed by atoms with E-state index in [0.717, 1.165) is 30.0 Å². The molecule has 1 aliphatic rings. The van der Waals surface area contributed by atoms with Crippen LogP contribution in [0.1, 0.15) is 18.4 Å². The lowest BCUT2D eigenvalue weighted by Crippen LogP contribution is -2.33. The minimum absolute atomic E-state index is 0.823. The second kappa shape index (κ2) is 5.67. The Morgan fingerprint density at radius 3 is 3.05 bits per heavy atom. The van der Waals surface area contributed by atoms with E-state index < -0.39 is 0 Å². The lowest BCUT2D eigenvalue weighted by Gasteiger charge is -2.22. The Balaban J connectivity index is 1.57. The van der Waals surface area contributed by atoms with E-state index in [2.05, 4.69) is 33.1 Å². The number of fused-ring (bicyclic) bond motifs is 1. The van der Waals surface area contributed by atoms with Crippen molar-refractivity contribution in [3.8, 4) is 0 Å². The van der Waals surface area contributed by atoms with Gasteiger partial charge in [0, 0.05) is 13.6 Å². The monoisotopic (exact) mass is 259 g/mol. The zero-order valence-corrected chi connectivity index (χ0v) is 11.4. The van der Waals surface area contributed by atoms with Crippen LogP contribution in [-0.4, -0.2) is 34.6 Å². The van der Waals surface area contributed by atoms with Crippen LogP contribution < -0.4 is 10.6 Å². The van der Waals surface area contributed by atoms with Crippen molar-refractivity contribution in [3.05, 3.63) is 23.8 Å². The summed E-state index contributed by atoms with van der Waals surface area (Å²) in [5.41, 5.74) is 3.36. The van der Waals surface area contributed by atoms with E-state index in [4.69, 9.17) is 0 Å². The fraction of sp³-hybridized carbons (Fsp3) is 0.571. The molecule has 1 saturated heterocycles. The van der Waals surface area contributed by atoms with Crippen molar-refractivity contribution < 1.29 is 0 Å². The van der Waals surface area contributed by atoms with Crippen molar-refractivity contribution in [3.63, 3.8) is 0 Å². The van der Waals surface area contributed by atoms with E-state index in [9.17, 15) is 0 Å². The number of benzene rings is 1. The normalized spacial score (nSPS) is 17.1. The SMILES string of the molecule is Cn1nnc2ccc(CNCC3CCNCC3)cc21. The maximum atomic E-state index is 4.10. The van der Waals surface area contributed by atoms with Crippen LogP contribution in [-0.2, 0) is 13.6 Å². The summed E-state index contributed by atoms with van der Waals surface area (Å²) in [5, 5.41) is 15.1. The predicted octanol–water partition coefficient (Wildman–Crippen LogP) is 1.06. The van der Waals surface area contributed by atoms with Crippen molar-refractivity contribution in [2.45, 2.75) is 19.4 Å². The maximum absolute atomic E-state index is 4.10. The van der Waals surface area contributed by atoms with Crippen LogP contribution in [0, 0.1) is 5.92 Å². The Labute approximate surface area is 113 Å². The Morgan fingerprint density at radius 1 is 1.37 bits per heavy atom. The van der Waals surface area contributed by atoms with Gasteiger partial charge in [-0.05, 0) is 56.1 Å². The minimum Gasteiger partial charge on any atom is -0.317 e. The molecule has 0 atom stereocenters. The van der Waals surface area contributed by atoms with Gasteiger partial charge in [0.25, 0.3) is 0 Å². The minimum atomic E-state index is 0.823. The number of rotatable bonds is 4. The molecule has 1 fully saturated rings. The first-order valence-corrected chi connectivity index (χ1v) is 7.02. The molecule has 0 radical (unpaired) electrons. The van der Waals surface area contributed by atoms with Crippen LogP contribution in [0.2, 0.25) is 0 Å². The number of nitrogens with one attached hydrogen (secondary N) is 2. The van der Waals surface area contributed by atoms with Crippen molar-refractivity contribution in [1.82, 2.24) is 25.6 Å². The quantitative estimate of drug-likeness (QED) is 0.862. The zero-order chi connectivity index (χ0) is 13.1. The Hall–Kier alpha value is -1.46. The molecule has 5 heteroatoms. The van der Waals surface area contributed by atoms with Gasteiger partial charge in [-0.1, -0.05) is 11.3 Å². The van der Waals surface area contributed by atoms with Crippen LogP contribution in [0.25, 0.3) is 11.0 Å². The van der Waals surface area contributed by atoms with Crippen molar-refractivity contribution in [2.24, 2.45) is 13.0 Å². The topological polar surface area (TPSA) is 54.8 Å². The lowest BCUT2D eigenvalue weighted by molar-refractivity contribution is 0.356. The summed E-state index contributed by atoms with van der Waals surface area (Å²) >= 11 is 0. The van der Waals surface area contributed by atoms with Gasteiger partial charge in [-0.3, -0.25) is 0 Å². The van der Waals surface area contributed by atoms with Gasteiger partial charge in [-0.2, -0.15) is 0 Å². The largest absolute Gasteiger partial charge is 0.317 e. The van der Waals surface area contributed by atoms with E-state index in [1.54, 1.807) is 0 Å². The summed E-state index contributed by atoms with van der Waals surface area (Å²) in [5.74, 6) is 0.823. The predicted molar refractivity (Wildman–Crippen MR) is 75.8 cm³/mol. The third-order valence-corrected chi connectivity index (χ3v) is 3.90. The molecule has 0 bridgehead atoms. The zero-order valence-electron chi connectivity index (χ0n) is 11.4. The molecule has 3 rings (SSSR count). The van der Waals surface area contributed by atoms with Crippen molar-refractivity contribution in [2.75, 3.05) is 19.6 Å². The first-order chi connectivity index (χ1) is 9.33. The van der Waals surface area contributed by atoms with Gasteiger partial charge < -0.3 is 10.6 Å². The third-order valence-electron chi connectivity index (χ3n) is 3.90. The first kappa shape index (κ1) is 12.6. The summed E-state index contributed by atoms with van der Waals surface area (Å²) < 4.78 is 1.83. The van der Waals surface area contributed by atoms with E-state index in [0.29, 0.717) is 0 Å². The van der Waals surface area contributed by atoms with Crippen LogP contribution in [0.5, 0.6) is 0 Å². The average molecular weight is 259 g/mol. The molecular formula is C14H21N5. The highest BCUT2D eigenvalue weighted by Crippen LogP contribution is 2.13. The highest BCUT2D eigenvalue weighted by molar-refractivity contribution is 5.74. The van der Waals surface area contributed by atoms with Gasteiger partial charge in [0.05, 0.1) is 5.52 Å². The molecule has 1 aliphatic heterocycles.